The first-order valence-corrected chi connectivity index (χ1v) is 5.42. The molecule has 0 aliphatic carbocycles. The summed E-state index contributed by atoms with van der Waals surface area (Å²) in [4.78, 5) is 23.9. The average Bonchev–Trinajstić information content (AvgIpc) is 2.63. The maximum absolute atomic E-state index is 13.5. The van der Waals surface area contributed by atoms with E-state index >= 15 is 0 Å². The Balaban J connectivity index is 2.23. The van der Waals surface area contributed by atoms with E-state index in [1.54, 1.807) is 12.1 Å². The summed E-state index contributed by atoms with van der Waals surface area (Å²) >= 11 is 0. The molecule has 1 aliphatic heterocycles. The van der Waals surface area contributed by atoms with Crippen LogP contribution in [0.2, 0.25) is 0 Å². The molecule has 0 unspecified atom stereocenters. The molecular weight excluding hydrogens is 223 g/mol. The van der Waals surface area contributed by atoms with E-state index in [1.807, 2.05) is 0 Å². The van der Waals surface area contributed by atoms with E-state index in [4.69, 9.17) is 5.73 Å². The monoisotopic (exact) mass is 236 g/mol. The van der Waals surface area contributed by atoms with Gasteiger partial charge in [0.15, 0.2) is 0 Å². The van der Waals surface area contributed by atoms with Crippen LogP contribution >= 0.6 is 0 Å². The number of nitrogens with two attached hydrogens (primary N) is 1. The summed E-state index contributed by atoms with van der Waals surface area (Å²) in [6, 6.07) is 4.49. The Hall–Kier alpha value is -1.75. The van der Waals surface area contributed by atoms with Gasteiger partial charge in [-0.1, -0.05) is 6.07 Å². The minimum Gasteiger partial charge on any atom is -0.326 e. The molecule has 0 aromatic heterocycles. The number of carbonyl (C=O) groups excluding carboxylic acids is 2. The van der Waals surface area contributed by atoms with E-state index in [9.17, 15) is 14.0 Å². The fourth-order valence-corrected chi connectivity index (χ4v) is 1.85. The van der Waals surface area contributed by atoms with Gasteiger partial charge in [0, 0.05) is 24.9 Å². The topological polar surface area (TPSA) is 63.4 Å². The second-order valence-electron chi connectivity index (χ2n) is 4.00. The van der Waals surface area contributed by atoms with Gasteiger partial charge in [-0.25, -0.2) is 4.39 Å². The number of benzene rings is 1. The van der Waals surface area contributed by atoms with Crippen molar-refractivity contribution >= 4 is 11.8 Å². The molecule has 0 radical (unpaired) electrons. The van der Waals surface area contributed by atoms with Gasteiger partial charge in [-0.05, 0) is 17.7 Å². The Kier molecular flexibility index (Phi) is 3.19. The summed E-state index contributed by atoms with van der Waals surface area (Å²) < 4.78 is 13.5. The summed E-state index contributed by atoms with van der Waals surface area (Å²) in [6.07, 6.45) is 0.439. The number of halogens is 1. The molecule has 90 valence electrons. The maximum atomic E-state index is 13.5. The number of carbonyl (C=O) groups is 2. The highest BCUT2D eigenvalue weighted by Crippen LogP contribution is 2.18. The van der Waals surface area contributed by atoms with Gasteiger partial charge in [-0.3, -0.25) is 14.5 Å². The molecule has 2 amide bonds. The van der Waals surface area contributed by atoms with Gasteiger partial charge >= 0.3 is 0 Å². The van der Waals surface area contributed by atoms with Crippen molar-refractivity contribution in [3.63, 3.8) is 0 Å². The predicted molar refractivity (Wildman–Crippen MR) is 59.1 cm³/mol. The average molecular weight is 236 g/mol. The Morgan fingerprint density at radius 2 is 1.88 bits per heavy atom. The third kappa shape index (κ3) is 2.34. The van der Waals surface area contributed by atoms with Crippen LogP contribution in [0.3, 0.4) is 0 Å². The Labute approximate surface area is 98.2 Å². The molecule has 1 saturated heterocycles. The van der Waals surface area contributed by atoms with Gasteiger partial charge in [-0.2, -0.15) is 0 Å². The normalized spacial score (nSPS) is 15.8. The van der Waals surface area contributed by atoms with E-state index in [0.717, 1.165) is 10.5 Å². The molecule has 0 spiro atoms. The zero-order valence-corrected chi connectivity index (χ0v) is 9.28. The summed E-state index contributed by atoms with van der Waals surface area (Å²) in [5.74, 6) is -0.908. The zero-order valence-electron chi connectivity index (χ0n) is 9.28. The number of hydrogen-bond donors (Lipinski definition) is 1. The lowest BCUT2D eigenvalue weighted by atomic mass is 10.1. The van der Waals surface area contributed by atoms with Gasteiger partial charge < -0.3 is 5.73 Å². The van der Waals surface area contributed by atoms with Crippen molar-refractivity contribution in [3.8, 4) is 0 Å². The van der Waals surface area contributed by atoms with Crippen LogP contribution in [-0.4, -0.2) is 16.7 Å². The van der Waals surface area contributed by atoms with E-state index in [-0.39, 0.29) is 31.2 Å². The first kappa shape index (κ1) is 11.7. The van der Waals surface area contributed by atoms with Crippen molar-refractivity contribution in [2.24, 2.45) is 5.73 Å². The smallest absolute Gasteiger partial charge is 0.229 e. The van der Waals surface area contributed by atoms with Crippen LogP contribution in [0.4, 0.5) is 4.39 Å². The van der Waals surface area contributed by atoms with E-state index in [0.29, 0.717) is 12.1 Å². The first-order valence-electron chi connectivity index (χ1n) is 5.42. The second-order valence-corrected chi connectivity index (χ2v) is 4.00. The molecule has 2 N–H and O–H groups in total. The van der Waals surface area contributed by atoms with Crippen LogP contribution in [0.5, 0.6) is 0 Å². The number of nitrogens with zero attached hydrogens (tertiary/aromatic N) is 1. The highest BCUT2D eigenvalue weighted by Gasteiger charge is 2.29. The number of rotatable bonds is 3. The Bertz CT molecular complexity index is 458. The maximum Gasteiger partial charge on any atom is 0.229 e. The SMILES string of the molecule is NCc1ccc(F)c(CN2C(=O)CCC2=O)c1. The number of amides is 2. The standard InChI is InChI=1S/C12H13FN2O2/c13-10-2-1-8(6-14)5-9(10)7-15-11(16)3-4-12(15)17/h1-2,5H,3-4,6-7,14H2. The minimum atomic E-state index is -0.422. The van der Waals surface area contributed by atoms with Gasteiger partial charge in [0.05, 0.1) is 6.54 Å². The predicted octanol–water partition coefficient (Wildman–Crippen LogP) is 0.933. The fourth-order valence-electron chi connectivity index (χ4n) is 1.85. The molecule has 1 aromatic rings. The first-order chi connectivity index (χ1) is 8.11. The summed E-state index contributed by atoms with van der Waals surface area (Å²) in [5, 5.41) is 0. The summed E-state index contributed by atoms with van der Waals surface area (Å²) in [5.41, 5.74) is 6.57. The minimum absolute atomic E-state index is 0.00264. The molecule has 0 saturated carbocycles. The van der Waals surface area contributed by atoms with E-state index < -0.39 is 5.82 Å². The molecule has 17 heavy (non-hydrogen) atoms. The lowest BCUT2D eigenvalue weighted by Crippen LogP contribution is -2.28. The van der Waals surface area contributed by atoms with Crippen LogP contribution in [0.15, 0.2) is 18.2 Å². The fraction of sp³-hybridized carbons (Fsp3) is 0.333. The number of imide groups is 1. The van der Waals surface area contributed by atoms with Crippen molar-refractivity contribution in [2.45, 2.75) is 25.9 Å². The van der Waals surface area contributed by atoms with Crippen molar-refractivity contribution in [1.29, 1.82) is 0 Å². The van der Waals surface area contributed by atoms with Crippen molar-refractivity contribution < 1.29 is 14.0 Å². The molecule has 4 nitrogen and oxygen atoms in total. The molecule has 2 rings (SSSR count). The second kappa shape index (κ2) is 4.63. The third-order valence-electron chi connectivity index (χ3n) is 2.83. The largest absolute Gasteiger partial charge is 0.326 e. The summed E-state index contributed by atoms with van der Waals surface area (Å²) in [7, 11) is 0. The molecule has 0 bridgehead atoms. The van der Waals surface area contributed by atoms with Crippen LogP contribution in [-0.2, 0) is 22.7 Å². The van der Waals surface area contributed by atoms with Crippen LogP contribution < -0.4 is 5.73 Å². The molecule has 1 aromatic carbocycles. The van der Waals surface area contributed by atoms with Gasteiger partial charge in [0.25, 0.3) is 0 Å². The molecule has 1 aliphatic rings. The summed E-state index contributed by atoms with van der Waals surface area (Å²) in [6.45, 7) is 0.298. The highest BCUT2D eigenvalue weighted by atomic mass is 19.1. The van der Waals surface area contributed by atoms with Crippen LogP contribution in [0.1, 0.15) is 24.0 Å². The van der Waals surface area contributed by atoms with Crippen molar-refractivity contribution in [1.82, 2.24) is 4.90 Å². The molecule has 1 fully saturated rings. The van der Waals surface area contributed by atoms with Crippen LogP contribution in [0, 0.1) is 5.82 Å². The Morgan fingerprint density at radius 1 is 1.24 bits per heavy atom. The molecular formula is C12H13FN2O2. The highest BCUT2D eigenvalue weighted by molar-refractivity contribution is 6.01. The van der Waals surface area contributed by atoms with E-state index in [1.165, 1.54) is 6.07 Å². The lowest BCUT2D eigenvalue weighted by molar-refractivity contribution is -0.139. The number of likely N-dealkylation sites (tertiary alicyclic amines) is 1. The van der Waals surface area contributed by atoms with Gasteiger partial charge in [0.2, 0.25) is 11.8 Å². The Morgan fingerprint density at radius 3 is 2.47 bits per heavy atom. The zero-order chi connectivity index (χ0) is 12.4. The van der Waals surface area contributed by atoms with Crippen molar-refractivity contribution in [3.05, 3.63) is 35.1 Å². The number of hydrogen-bond acceptors (Lipinski definition) is 3. The van der Waals surface area contributed by atoms with Crippen molar-refractivity contribution in [2.75, 3.05) is 0 Å². The lowest BCUT2D eigenvalue weighted by Gasteiger charge is -2.14. The van der Waals surface area contributed by atoms with Gasteiger partial charge in [-0.15, -0.1) is 0 Å². The molecule has 5 heteroatoms. The van der Waals surface area contributed by atoms with Gasteiger partial charge in [0.1, 0.15) is 5.82 Å². The van der Waals surface area contributed by atoms with E-state index in [2.05, 4.69) is 0 Å². The third-order valence-corrected chi connectivity index (χ3v) is 2.83. The van der Waals surface area contributed by atoms with Crippen LogP contribution in [0.25, 0.3) is 0 Å². The quantitative estimate of drug-likeness (QED) is 0.794. The molecule has 1 heterocycles. The molecule has 0 atom stereocenters.